The zero-order chi connectivity index (χ0) is 13.2. The number of fused-ring (bicyclic) bond motifs is 1. The van der Waals surface area contributed by atoms with E-state index in [1.807, 2.05) is 0 Å². The van der Waals surface area contributed by atoms with Gasteiger partial charge in [-0.25, -0.2) is 0 Å². The third-order valence-electron chi connectivity index (χ3n) is 3.40. The first-order valence-electron chi connectivity index (χ1n) is 6.83. The third kappa shape index (κ3) is 3.34. The zero-order valence-electron chi connectivity index (χ0n) is 11.6. The van der Waals surface area contributed by atoms with Crippen molar-refractivity contribution in [2.75, 3.05) is 0 Å². The molecule has 0 spiro atoms. The molecule has 0 aromatic heterocycles. The third-order valence-corrected chi connectivity index (χ3v) is 3.40. The summed E-state index contributed by atoms with van der Waals surface area (Å²) in [5.74, 6) is 0.171. The van der Waals surface area contributed by atoms with Crippen molar-refractivity contribution in [1.82, 2.24) is 5.32 Å². The summed E-state index contributed by atoms with van der Waals surface area (Å²) in [5, 5.41) is 3.19. The Morgan fingerprint density at radius 1 is 1.33 bits per heavy atom. The molecule has 1 aromatic rings. The number of carbonyl (C=O) groups is 1. The van der Waals surface area contributed by atoms with Crippen LogP contribution in [0.2, 0.25) is 0 Å². The first-order chi connectivity index (χ1) is 8.46. The largest absolute Gasteiger partial charge is 0.349 e. The van der Waals surface area contributed by atoms with Crippen molar-refractivity contribution in [3.8, 4) is 0 Å². The molecule has 98 valence electrons. The van der Waals surface area contributed by atoms with E-state index in [0.29, 0.717) is 6.42 Å². The summed E-state index contributed by atoms with van der Waals surface area (Å²) in [6.07, 6.45) is 3.96. The summed E-state index contributed by atoms with van der Waals surface area (Å²) in [5.41, 5.74) is 2.76. The average molecular weight is 245 g/mol. The monoisotopic (exact) mass is 245 g/mol. The highest BCUT2D eigenvalue weighted by Gasteiger charge is 2.23. The Morgan fingerprint density at radius 2 is 2.06 bits per heavy atom. The van der Waals surface area contributed by atoms with Crippen molar-refractivity contribution >= 4 is 5.91 Å². The van der Waals surface area contributed by atoms with Crippen molar-refractivity contribution in [3.05, 3.63) is 35.4 Å². The number of amides is 1. The minimum Gasteiger partial charge on any atom is -0.349 e. The molecule has 1 N–H and O–H groups in total. The molecule has 1 aliphatic carbocycles. The minimum absolute atomic E-state index is 0.0538. The van der Waals surface area contributed by atoms with Crippen LogP contribution in [0.25, 0.3) is 0 Å². The number of benzene rings is 1. The van der Waals surface area contributed by atoms with Crippen LogP contribution in [0.3, 0.4) is 0 Å². The van der Waals surface area contributed by atoms with Crippen LogP contribution in [0.15, 0.2) is 24.3 Å². The molecule has 1 amide bonds. The van der Waals surface area contributed by atoms with Crippen LogP contribution in [0.4, 0.5) is 0 Å². The molecule has 0 saturated heterocycles. The van der Waals surface area contributed by atoms with Crippen molar-refractivity contribution in [2.45, 2.75) is 52.5 Å². The Kier molecular flexibility index (Phi) is 3.74. The lowest BCUT2D eigenvalue weighted by Crippen LogP contribution is -2.33. The molecule has 1 aromatic carbocycles. The van der Waals surface area contributed by atoms with E-state index >= 15 is 0 Å². The summed E-state index contributed by atoms with van der Waals surface area (Å²) in [4.78, 5) is 12.0. The quantitative estimate of drug-likeness (QED) is 0.847. The zero-order valence-corrected chi connectivity index (χ0v) is 11.6. The number of hydrogen-bond donors (Lipinski definition) is 1. The average Bonchev–Trinajstić information content (AvgIpc) is 2.27. The predicted octanol–water partition coefficient (Wildman–Crippen LogP) is 3.62. The van der Waals surface area contributed by atoms with E-state index in [9.17, 15) is 4.79 Å². The van der Waals surface area contributed by atoms with Gasteiger partial charge >= 0.3 is 0 Å². The van der Waals surface area contributed by atoms with Gasteiger partial charge in [0.1, 0.15) is 0 Å². The second-order valence-corrected chi connectivity index (χ2v) is 6.45. The van der Waals surface area contributed by atoms with Gasteiger partial charge in [-0.1, -0.05) is 45.0 Å². The highest BCUT2D eigenvalue weighted by Crippen LogP contribution is 2.30. The van der Waals surface area contributed by atoms with Crippen molar-refractivity contribution in [1.29, 1.82) is 0 Å². The molecule has 0 radical (unpaired) electrons. The van der Waals surface area contributed by atoms with Crippen molar-refractivity contribution in [3.63, 3.8) is 0 Å². The van der Waals surface area contributed by atoms with Crippen LogP contribution < -0.4 is 5.32 Å². The highest BCUT2D eigenvalue weighted by molar-refractivity contribution is 5.77. The maximum absolute atomic E-state index is 12.0. The van der Waals surface area contributed by atoms with Crippen LogP contribution in [0.5, 0.6) is 0 Å². The van der Waals surface area contributed by atoms with E-state index in [2.05, 4.69) is 50.4 Å². The lowest BCUT2D eigenvalue weighted by molar-refractivity contribution is -0.123. The molecule has 0 heterocycles. The SMILES string of the molecule is CC(C)(C)CC(=O)NC1CCCc2ccccc21. The number of rotatable bonds is 2. The molecule has 2 rings (SSSR count). The second-order valence-electron chi connectivity index (χ2n) is 6.45. The normalized spacial score (nSPS) is 19.2. The maximum Gasteiger partial charge on any atom is 0.221 e. The Hall–Kier alpha value is -1.31. The molecule has 18 heavy (non-hydrogen) atoms. The van der Waals surface area contributed by atoms with Crippen LogP contribution >= 0.6 is 0 Å². The smallest absolute Gasteiger partial charge is 0.221 e. The lowest BCUT2D eigenvalue weighted by Gasteiger charge is -2.27. The number of hydrogen-bond acceptors (Lipinski definition) is 1. The fraction of sp³-hybridized carbons (Fsp3) is 0.562. The molecule has 1 unspecified atom stereocenters. The molecular formula is C16H23NO. The van der Waals surface area contributed by atoms with Gasteiger partial charge in [0, 0.05) is 6.42 Å². The Balaban J connectivity index is 2.05. The number of aryl methyl sites for hydroxylation is 1. The van der Waals surface area contributed by atoms with Crippen LogP contribution in [0, 0.1) is 5.41 Å². The van der Waals surface area contributed by atoms with Gasteiger partial charge in [-0.15, -0.1) is 0 Å². The van der Waals surface area contributed by atoms with Crippen molar-refractivity contribution < 1.29 is 4.79 Å². The fourth-order valence-electron chi connectivity index (χ4n) is 2.63. The van der Waals surface area contributed by atoms with Gasteiger partial charge in [-0.05, 0) is 35.8 Å². The first kappa shape index (κ1) is 13.1. The predicted molar refractivity (Wildman–Crippen MR) is 74.3 cm³/mol. The topological polar surface area (TPSA) is 29.1 Å². The molecular weight excluding hydrogens is 222 g/mol. The number of nitrogens with one attached hydrogen (secondary N) is 1. The van der Waals surface area contributed by atoms with E-state index < -0.39 is 0 Å². The van der Waals surface area contributed by atoms with Crippen LogP contribution in [-0.4, -0.2) is 5.91 Å². The standard InChI is InChI=1S/C16H23NO/c1-16(2,3)11-15(18)17-14-10-6-8-12-7-4-5-9-13(12)14/h4-5,7,9,14H,6,8,10-11H2,1-3H3,(H,17,18). The Bertz CT molecular complexity index is 431. The molecule has 2 nitrogen and oxygen atoms in total. The molecule has 1 atom stereocenters. The minimum atomic E-state index is 0.0538. The fourth-order valence-corrected chi connectivity index (χ4v) is 2.63. The summed E-state index contributed by atoms with van der Waals surface area (Å²) in [6, 6.07) is 8.68. The van der Waals surface area contributed by atoms with Crippen LogP contribution in [-0.2, 0) is 11.2 Å². The van der Waals surface area contributed by atoms with Gasteiger partial charge in [-0.3, -0.25) is 4.79 Å². The summed E-state index contributed by atoms with van der Waals surface area (Å²) in [7, 11) is 0. The Morgan fingerprint density at radius 3 is 2.78 bits per heavy atom. The summed E-state index contributed by atoms with van der Waals surface area (Å²) in [6.45, 7) is 6.30. The molecule has 0 bridgehead atoms. The molecule has 2 heteroatoms. The van der Waals surface area contributed by atoms with Crippen molar-refractivity contribution in [2.24, 2.45) is 5.41 Å². The van der Waals surface area contributed by atoms with Crippen LogP contribution in [0.1, 0.15) is 57.2 Å². The molecule has 0 fully saturated rings. The Labute approximate surface area is 110 Å². The van der Waals surface area contributed by atoms with Gasteiger partial charge < -0.3 is 5.32 Å². The van der Waals surface area contributed by atoms with Gasteiger partial charge in [0.25, 0.3) is 0 Å². The van der Waals surface area contributed by atoms with Gasteiger partial charge in [0.15, 0.2) is 0 Å². The van der Waals surface area contributed by atoms with E-state index in [-0.39, 0.29) is 17.4 Å². The van der Waals surface area contributed by atoms with Gasteiger partial charge in [0.05, 0.1) is 6.04 Å². The summed E-state index contributed by atoms with van der Waals surface area (Å²) >= 11 is 0. The highest BCUT2D eigenvalue weighted by atomic mass is 16.1. The molecule has 0 saturated carbocycles. The molecule has 0 aliphatic heterocycles. The second kappa shape index (κ2) is 5.13. The lowest BCUT2D eigenvalue weighted by atomic mass is 9.87. The summed E-state index contributed by atoms with van der Waals surface area (Å²) < 4.78 is 0. The number of carbonyl (C=O) groups excluding carboxylic acids is 1. The van der Waals surface area contributed by atoms with E-state index in [1.165, 1.54) is 11.1 Å². The molecule has 1 aliphatic rings. The van der Waals surface area contributed by atoms with Gasteiger partial charge in [-0.2, -0.15) is 0 Å². The maximum atomic E-state index is 12.0. The van der Waals surface area contributed by atoms with E-state index in [0.717, 1.165) is 19.3 Å². The van der Waals surface area contributed by atoms with E-state index in [4.69, 9.17) is 0 Å². The van der Waals surface area contributed by atoms with Gasteiger partial charge in [0.2, 0.25) is 5.91 Å². The van der Waals surface area contributed by atoms with E-state index in [1.54, 1.807) is 0 Å². The first-order valence-corrected chi connectivity index (χ1v) is 6.83.